The minimum Gasteiger partial charge on any atom is -0.469 e. The quantitative estimate of drug-likeness (QED) is 0.855. The molecule has 1 aliphatic rings. The topological polar surface area (TPSA) is 34.4 Å². The largest absolute Gasteiger partial charge is 0.469 e. The first-order valence-corrected chi connectivity index (χ1v) is 6.51. The van der Waals surface area contributed by atoms with Gasteiger partial charge in [-0.1, -0.05) is 6.92 Å². The van der Waals surface area contributed by atoms with Crippen molar-refractivity contribution < 1.29 is 9.15 Å². The zero-order valence-electron chi connectivity index (χ0n) is 10.9. The van der Waals surface area contributed by atoms with E-state index in [9.17, 15) is 0 Å². The van der Waals surface area contributed by atoms with E-state index in [1.807, 2.05) is 12.1 Å². The second kappa shape index (κ2) is 5.69. The van der Waals surface area contributed by atoms with Gasteiger partial charge in [-0.15, -0.1) is 0 Å². The van der Waals surface area contributed by atoms with Crippen LogP contribution in [0, 0.1) is 5.41 Å². The van der Waals surface area contributed by atoms with Crippen LogP contribution in [0.15, 0.2) is 22.8 Å². The fourth-order valence-corrected chi connectivity index (χ4v) is 2.26. The molecule has 2 rings (SSSR count). The molecule has 1 aromatic heterocycles. The lowest BCUT2D eigenvalue weighted by Gasteiger charge is -2.34. The molecule has 1 aromatic rings. The van der Waals surface area contributed by atoms with Crippen LogP contribution in [0.3, 0.4) is 0 Å². The summed E-state index contributed by atoms with van der Waals surface area (Å²) in [5, 5.41) is 3.62. The van der Waals surface area contributed by atoms with Gasteiger partial charge in [-0.3, -0.25) is 0 Å². The third-order valence-corrected chi connectivity index (χ3v) is 3.66. The van der Waals surface area contributed by atoms with Gasteiger partial charge in [0.05, 0.1) is 6.26 Å². The normalized spacial score (nSPS) is 21.3. The van der Waals surface area contributed by atoms with Gasteiger partial charge in [0.15, 0.2) is 0 Å². The van der Waals surface area contributed by atoms with Crippen LogP contribution in [0.1, 0.15) is 32.4 Å². The first kappa shape index (κ1) is 12.7. The molecule has 1 aliphatic heterocycles. The highest BCUT2D eigenvalue weighted by Crippen LogP contribution is 2.28. The molecule has 1 saturated heterocycles. The summed E-state index contributed by atoms with van der Waals surface area (Å²) in [5.41, 5.74) is 0.398. The Balaban J connectivity index is 1.73. The van der Waals surface area contributed by atoms with Gasteiger partial charge in [-0.25, -0.2) is 0 Å². The molecule has 3 nitrogen and oxygen atoms in total. The van der Waals surface area contributed by atoms with Crippen molar-refractivity contribution in [2.24, 2.45) is 5.41 Å². The predicted octanol–water partition coefficient (Wildman–Crippen LogP) is 2.62. The molecule has 1 unspecified atom stereocenters. The zero-order chi connectivity index (χ0) is 12.1. The lowest BCUT2D eigenvalue weighted by Crippen LogP contribution is -2.40. The van der Waals surface area contributed by atoms with E-state index in [4.69, 9.17) is 9.15 Å². The number of ether oxygens (including phenoxy) is 1. The van der Waals surface area contributed by atoms with Gasteiger partial charge in [-0.05, 0) is 37.3 Å². The molecule has 0 aromatic carbocycles. The minimum absolute atomic E-state index is 0.398. The number of nitrogens with one attached hydrogen (secondary N) is 1. The van der Waals surface area contributed by atoms with Crippen LogP contribution in [-0.4, -0.2) is 25.8 Å². The summed E-state index contributed by atoms with van der Waals surface area (Å²) in [5.74, 6) is 1.06. The van der Waals surface area contributed by atoms with Crippen LogP contribution in [0.5, 0.6) is 0 Å². The van der Waals surface area contributed by atoms with Crippen molar-refractivity contribution in [2.45, 2.75) is 39.2 Å². The lowest BCUT2D eigenvalue weighted by atomic mass is 9.82. The number of furan rings is 1. The standard InChI is InChI=1S/C14H23NO2/c1-12(10-13-4-3-7-17-13)15-11-14(2)5-8-16-9-6-14/h3-4,7,12,15H,5-6,8-11H2,1-2H3. The summed E-state index contributed by atoms with van der Waals surface area (Å²) in [4.78, 5) is 0. The fourth-order valence-electron chi connectivity index (χ4n) is 2.26. The van der Waals surface area contributed by atoms with E-state index in [0.29, 0.717) is 11.5 Å². The third kappa shape index (κ3) is 3.86. The number of hydrogen-bond acceptors (Lipinski definition) is 3. The van der Waals surface area contributed by atoms with Crippen molar-refractivity contribution >= 4 is 0 Å². The van der Waals surface area contributed by atoms with Gasteiger partial charge in [-0.2, -0.15) is 0 Å². The van der Waals surface area contributed by atoms with Crippen molar-refractivity contribution in [3.8, 4) is 0 Å². The van der Waals surface area contributed by atoms with Crippen molar-refractivity contribution in [3.05, 3.63) is 24.2 Å². The molecule has 1 fully saturated rings. The molecule has 0 amide bonds. The molecule has 96 valence electrons. The minimum atomic E-state index is 0.398. The highest BCUT2D eigenvalue weighted by Gasteiger charge is 2.27. The monoisotopic (exact) mass is 237 g/mol. The number of hydrogen-bond donors (Lipinski definition) is 1. The molecule has 0 spiro atoms. The van der Waals surface area contributed by atoms with Crippen LogP contribution in [-0.2, 0) is 11.2 Å². The summed E-state index contributed by atoms with van der Waals surface area (Å²) >= 11 is 0. The van der Waals surface area contributed by atoms with Gasteiger partial charge in [0.25, 0.3) is 0 Å². The van der Waals surface area contributed by atoms with Crippen LogP contribution in [0.4, 0.5) is 0 Å². The Morgan fingerprint density at radius 2 is 2.18 bits per heavy atom. The van der Waals surface area contributed by atoms with Crippen LogP contribution < -0.4 is 5.32 Å². The Kier molecular flexibility index (Phi) is 4.24. The highest BCUT2D eigenvalue weighted by atomic mass is 16.5. The number of rotatable bonds is 5. The fraction of sp³-hybridized carbons (Fsp3) is 0.714. The molecule has 0 aliphatic carbocycles. The molecule has 2 heterocycles. The van der Waals surface area contributed by atoms with Crippen molar-refractivity contribution in [3.63, 3.8) is 0 Å². The Morgan fingerprint density at radius 1 is 1.41 bits per heavy atom. The third-order valence-electron chi connectivity index (χ3n) is 3.66. The Bertz CT molecular complexity index is 315. The van der Waals surface area contributed by atoms with E-state index < -0.39 is 0 Å². The molecule has 1 N–H and O–H groups in total. The van der Waals surface area contributed by atoms with Crippen LogP contribution in [0.2, 0.25) is 0 Å². The Hall–Kier alpha value is -0.800. The first-order valence-electron chi connectivity index (χ1n) is 6.51. The van der Waals surface area contributed by atoms with Crippen LogP contribution in [0.25, 0.3) is 0 Å². The maximum Gasteiger partial charge on any atom is 0.105 e. The average Bonchev–Trinajstić information content (AvgIpc) is 2.80. The van der Waals surface area contributed by atoms with Crippen LogP contribution >= 0.6 is 0 Å². The molecule has 1 atom stereocenters. The van der Waals surface area contributed by atoms with E-state index in [1.165, 1.54) is 0 Å². The van der Waals surface area contributed by atoms with Crippen molar-refractivity contribution in [2.75, 3.05) is 19.8 Å². The predicted molar refractivity (Wildman–Crippen MR) is 68.0 cm³/mol. The lowest BCUT2D eigenvalue weighted by molar-refractivity contribution is 0.0230. The van der Waals surface area contributed by atoms with Gasteiger partial charge in [0.1, 0.15) is 5.76 Å². The van der Waals surface area contributed by atoms with Gasteiger partial charge in [0.2, 0.25) is 0 Å². The molecular formula is C14H23NO2. The SMILES string of the molecule is CC(Cc1ccco1)NCC1(C)CCOCC1. The average molecular weight is 237 g/mol. The smallest absolute Gasteiger partial charge is 0.105 e. The van der Waals surface area contributed by atoms with Gasteiger partial charge in [0, 0.05) is 32.2 Å². The summed E-state index contributed by atoms with van der Waals surface area (Å²) < 4.78 is 10.8. The Labute approximate surface area is 104 Å². The van der Waals surface area contributed by atoms with Crippen molar-refractivity contribution in [1.29, 1.82) is 0 Å². The second-order valence-corrected chi connectivity index (χ2v) is 5.49. The molecular weight excluding hydrogens is 214 g/mol. The second-order valence-electron chi connectivity index (χ2n) is 5.49. The molecule has 0 saturated carbocycles. The maximum atomic E-state index is 5.41. The van der Waals surface area contributed by atoms with E-state index >= 15 is 0 Å². The summed E-state index contributed by atoms with van der Waals surface area (Å²) in [6.45, 7) is 7.45. The first-order chi connectivity index (χ1) is 8.18. The molecule has 0 radical (unpaired) electrons. The van der Waals surface area contributed by atoms with E-state index in [2.05, 4.69) is 19.2 Å². The summed E-state index contributed by atoms with van der Waals surface area (Å²) in [6.07, 6.45) is 5.02. The van der Waals surface area contributed by atoms with Gasteiger partial charge < -0.3 is 14.5 Å². The highest BCUT2D eigenvalue weighted by molar-refractivity contribution is 5.00. The van der Waals surface area contributed by atoms with Crippen molar-refractivity contribution in [1.82, 2.24) is 5.32 Å². The van der Waals surface area contributed by atoms with Gasteiger partial charge >= 0.3 is 0 Å². The molecule has 17 heavy (non-hydrogen) atoms. The summed E-state index contributed by atoms with van der Waals surface area (Å²) in [6, 6.07) is 4.44. The summed E-state index contributed by atoms with van der Waals surface area (Å²) in [7, 11) is 0. The Morgan fingerprint density at radius 3 is 2.82 bits per heavy atom. The van der Waals surface area contributed by atoms with E-state index in [1.54, 1.807) is 6.26 Å². The maximum absolute atomic E-state index is 5.41. The molecule has 3 heteroatoms. The van der Waals surface area contributed by atoms with E-state index in [-0.39, 0.29) is 0 Å². The molecule has 0 bridgehead atoms. The van der Waals surface area contributed by atoms with E-state index in [0.717, 1.165) is 44.8 Å². The zero-order valence-corrected chi connectivity index (χ0v) is 10.9.